The van der Waals surface area contributed by atoms with Crippen molar-refractivity contribution in [1.82, 2.24) is 5.32 Å². The Balaban J connectivity index is 2.48. The fraction of sp³-hybridized carbons (Fsp3) is 0.294. The van der Waals surface area contributed by atoms with E-state index in [4.69, 9.17) is 0 Å². The molecule has 106 valence electrons. The molecule has 2 rings (SSSR count). The summed E-state index contributed by atoms with van der Waals surface area (Å²) in [5.41, 5.74) is 2.74. The van der Waals surface area contributed by atoms with Gasteiger partial charge >= 0.3 is 0 Å². The molecule has 0 aromatic heterocycles. The molecule has 1 nitrogen and oxygen atoms in total. The Morgan fingerprint density at radius 2 is 1.65 bits per heavy atom. The largest absolute Gasteiger partial charge is 0.306 e. The smallest absolute Gasteiger partial charge is 0.128 e. The lowest BCUT2D eigenvalue weighted by Gasteiger charge is -2.20. The maximum atomic E-state index is 14.2. The number of rotatable bonds is 4. The number of hydrogen-bond acceptors (Lipinski definition) is 1. The van der Waals surface area contributed by atoms with Gasteiger partial charge in [-0.15, -0.1) is 0 Å². The first-order valence-electron chi connectivity index (χ1n) is 6.78. The molecule has 0 heterocycles. The minimum atomic E-state index is -0.379. The van der Waals surface area contributed by atoms with Gasteiger partial charge in [0, 0.05) is 5.56 Å². The van der Waals surface area contributed by atoms with E-state index in [-0.39, 0.29) is 17.7 Å². The molecule has 20 heavy (non-hydrogen) atoms. The molecule has 1 N–H and O–H groups in total. The second-order valence-corrected chi connectivity index (χ2v) is 5.02. The van der Waals surface area contributed by atoms with Gasteiger partial charge in [0.15, 0.2) is 0 Å². The summed E-state index contributed by atoms with van der Waals surface area (Å²) in [4.78, 5) is 0. The van der Waals surface area contributed by atoms with Crippen LogP contribution in [-0.4, -0.2) is 6.54 Å². The molecule has 0 aliphatic carbocycles. The summed E-state index contributed by atoms with van der Waals surface area (Å²) in [5.74, 6) is -0.758. The van der Waals surface area contributed by atoms with Crippen molar-refractivity contribution >= 4 is 0 Å². The van der Waals surface area contributed by atoms with Crippen LogP contribution in [0.15, 0.2) is 36.4 Å². The molecular formula is C17H19F2N. The topological polar surface area (TPSA) is 12.0 Å². The van der Waals surface area contributed by atoms with Crippen molar-refractivity contribution in [2.75, 3.05) is 6.54 Å². The lowest BCUT2D eigenvalue weighted by molar-refractivity contribution is 0.541. The Morgan fingerprint density at radius 3 is 2.25 bits per heavy atom. The standard InChI is InChI=1S/C17H19F2N/c1-4-20-17(13-7-5-11(2)6-8-13)14-10-15(18)12(3)9-16(14)19/h5-10,17,20H,4H2,1-3H3. The van der Waals surface area contributed by atoms with E-state index >= 15 is 0 Å². The van der Waals surface area contributed by atoms with Crippen LogP contribution >= 0.6 is 0 Å². The third kappa shape index (κ3) is 3.05. The molecule has 3 heteroatoms. The molecule has 0 bridgehead atoms. The van der Waals surface area contributed by atoms with Gasteiger partial charge in [-0.1, -0.05) is 36.8 Å². The molecule has 1 atom stereocenters. The lowest BCUT2D eigenvalue weighted by atomic mass is 9.96. The fourth-order valence-corrected chi connectivity index (χ4v) is 2.25. The summed E-state index contributed by atoms with van der Waals surface area (Å²) in [7, 11) is 0. The molecule has 0 radical (unpaired) electrons. The minimum absolute atomic E-state index is 0.324. The second-order valence-electron chi connectivity index (χ2n) is 5.02. The molecular weight excluding hydrogens is 256 g/mol. The third-order valence-electron chi connectivity index (χ3n) is 3.41. The van der Waals surface area contributed by atoms with E-state index in [1.165, 1.54) is 12.1 Å². The van der Waals surface area contributed by atoms with Crippen molar-refractivity contribution in [3.8, 4) is 0 Å². The first-order valence-corrected chi connectivity index (χ1v) is 6.78. The summed E-state index contributed by atoms with van der Waals surface area (Å²) in [6, 6.07) is 10.0. The van der Waals surface area contributed by atoms with Gasteiger partial charge in [-0.25, -0.2) is 8.78 Å². The van der Waals surface area contributed by atoms with Gasteiger partial charge in [0.05, 0.1) is 6.04 Å². The maximum Gasteiger partial charge on any atom is 0.128 e. The molecule has 0 aliphatic rings. The zero-order valence-electron chi connectivity index (χ0n) is 12.0. The van der Waals surface area contributed by atoms with Gasteiger partial charge < -0.3 is 5.32 Å². The van der Waals surface area contributed by atoms with Crippen LogP contribution in [0.3, 0.4) is 0 Å². The maximum absolute atomic E-state index is 14.2. The highest BCUT2D eigenvalue weighted by Gasteiger charge is 2.18. The van der Waals surface area contributed by atoms with Crippen LogP contribution in [0.1, 0.15) is 35.2 Å². The first kappa shape index (κ1) is 14.7. The molecule has 0 spiro atoms. The fourth-order valence-electron chi connectivity index (χ4n) is 2.25. The molecule has 2 aromatic carbocycles. The van der Waals surface area contributed by atoms with E-state index in [0.717, 1.165) is 11.1 Å². The highest BCUT2D eigenvalue weighted by Crippen LogP contribution is 2.26. The van der Waals surface area contributed by atoms with E-state index < -0.39 is 0 Å². The van der Waals surface area contributed by atoms with Crippen LogP contribution in [0.25, 0.3) is 0 Å². The van der Waals surface area contributed by atoms with Gasteiger partial charge in [-0.05, 0) is 43.7 Å². The Labute approximate surface area is 118 Å². The highest BCUT2D eigenvalue weighted by molar-refractivity contribution is 5.36. The van der Waals surface area contributed by atoms with Crippen molar-refractivity contribution in [2.24, 2.45) is 0 Å². The lowest BCUT2D eigenvalue weighted by Crippen LogP contribution is -2.23. The second kappa shape index (κ2) is 6.14. The number of aryl methyl sites for hydroxylation is 2. The van der Waals surface area contributed by atoms with E-state index in [2.05, 4.69) is 5.32 Å². The molecule has 1 unspecified atom stereocenters. The van der Waals surface area contributed by atoms with Gasteiger partial charge in [0.2, 0.25) is 0 Å². The summed E-state index contributed by atoms with van der Waals surface area (Å²) < 4.78 is 27.9. The first-order chi connectivity index (χ1) is 9.52. The van der Waals surface area contributed by atoms with Crippen molar-refractivity contribution in [3.05, 3.63) is 70.3 Å². The Bertz CT molecular complexity index is 591. The predicted molar refractivity (Wildman–Crippen MR) is 77.8 cm³/mol. The van der Waals surface area contributed by atoms with Gasteiger partial charge in [0.25, 0.3) is 0 Å². The molecule has 0 saturated carbocycles. The van der Waals surface area contributed by atoms with E-state index in [0.29, 0.717) is 17.7 Å². The third-order valence-corrected chi connectivity index (χ3v) is 3.41. The summed E-state index contributed by atoms with van der Waals surface area (Å²) in [5, 5.41) is 3.22. The highest BCUT2D eigenvalue weighted by atomic mass is 19.1. The quantitative estimate of drug-likeness (QED) is 0.878. The molecule has 0 amide bonds. The minimum Gasteiger partial charge on any atom is -0.306 e. The number of hydrogen-bond donors (Lipinski definition) is 1. The number of benzene rings is 2. The summed E-state index contributed by atoms with van der Waals surface area (Å²) in [6.07, 6.45) is 0. The zero-order chi connectivity index (χ0) is 14.7. The van der Waals surface area contributed by atoms with Crippen LogP contribution in [-0.2, 0) is 0 Å². The van der Waals surface area contributed by atoms with Crippen molar-refractivity contribution in [3.63, 3.8) is 0 Å². The van der Waals surface area contributed by atoms with Crippen molar-refractivity contribution < 1.29 is 8.78 Å². The summed E-state index contributed by atoms with van der Waals surface area (Å²) in [6.45, 7) is 6.19. The van der Waals surface area contributed by atoms with Crippen LogP contribution < -0.4 is 5.32 Å². The number of nitrogens with one attached hydrogen (secondary N) is 1. The number of halogens is 2. The SMILES string of the molecule is CCNC(c1ccc(C)cc1)c1cc(F)c(C)cc1F. The van der Waals surface area contributed by atoms with Crippen LogP contribution in [0.4, 0.5) is 8.78 Å². The zero-order valence-corrected chi connectivity index (χ0v) is 12.0. The average Bonchev–Trinajstić information content (AvgIpc) is 2.42. The van der Waals surface area contributed by atoms with Crippen LogP contribution in [0, 0.1) is 25.5 Å². The van der Waals surface area contributed by atoms with Gasteiger partial charge in [0.1, 0.15) is 11.6 Å². The monoisotopic (exact) mass is 275 g/mol. The molecule has 0 aliphatic heterocycles. The van der Waals surface area contributed by atoms with E-state index in [9.17, 15) is 8.78 Å². The van der Waals surface area contributed by atoms with Crippen molar-refractivity contribution in [2.45, 2.75) is 26.8 Å². The Hall–Kier alpha value is -1.74. The van der Waals surface area contributed by atoms with E-state index in [1.54, 1.807) is 6.92 Å². The van der Waals surface area contributed by atoms with Crippen molar-refractivity contribution in [1.29, 1.82) is 0 Å². The molecule has 0 saturated heterocycles. The normalized spacial score (nSPS) is 12.4. The van der Waals surface area contributed by atoms with E-state index in [1.807, 2.05) is 38.1 Å². The van der Waals surface area contributed by atoms with Gasteiger partial charge in [-0.2, -0.15) is 0 Å². The van der Waals surface area contributed by atoms with Gasteiger partial charge in [-0.3, -0.25) is 0 Å². The van der Waals surface area contributed by atoms with Crippen LogP contribution in [0.5, 0.6) is 0 Å². The van der Waals surface area contributed by atoms with Crippen LogP contribution in [0.2, 0.25) is 0 Å². The Kier molecular flexibility index (Phi) is 4.50. The Morgan fingerprint density at radius 1 is 1.00 bits per heavy atom. The molecule has 0 fully saturated rings. The average molecular weight is 275 g/mol. The predicted octanol–water partition coefficient (Wildman–Crippen LogP) is 4.28. The summed E-state index contributed by atoms with van der Waals surface area (Å²) >= 11 is 0. The molecule has 2 aromatic rings.